The number of likely N-dealkylation sites (tertiary alicyclic amines) is 2. The molecule has 29 heavy (non-hydrogen) atoms. The zero-order chi connectivity index (χ0) is 19.5. The highest BCUT2D eigenvalue weighted by Gasteiger charge is 2.38. The van der Waals surface area contributed by atoms with Crippen LogP contribution < -0.4 is 10.6 Å². The monoisotopic (exact) mass is 511 g/mol. The summed E-state index contributed by atoms with van der Waals surface area (Å²) in [6.45, 7) is 5.79. The van der Waals surface area contributed by atoms with Crippen molar-refractivity contribution in [3.8, 4) is 0 Å². The van der Waals surface area contributed by atoms with Gasteiger partial charge in [0.25, 0.3) is 0 Å². The third-order valence-electron chi connectivity index (χ3n) is 6.20. The van der Waals surface area contributed by atoms with Crippen molar-refractivity contribution in [2.45, 2.75) is 70.2 Å². The lowest BCUT2D eigenvalue weighted by molar-refractivity contribution is -0.128. The Hall–Kier alpha value is -1.35. The van der Waals surface area contributed by atoms with Gasteiger partial charge in [0.15, 0.2) is 5.96 Å². The molecule has 2 saturated heterocycles. The maximum absolute atomic E-state index is 11.9. The second kappa shape index (κ2) is 10.1. The molecule has 0 aromatic heterocycles. The van der Waals surface area contributed by atoms with E-state index in [2.05, 4.69) is 51.7 Å². The van der Waals surface area contributed by atoms with Gasteiger partial charge in [-0.3, -0.25) is 14.7 Å². The molecule has 1 aliphatic carbocycles. The summed E-state index contributed by atoms with van der Waals surface area (Å²) in [6.07, 6.45) is 5.59. The normalized spacial score (nSPS) is 25.2. The Morgan fingerprint density at radius 3 is 2.76 bits per heavy atom. The number of halogens is 1. The van der Waals surface area contributed by atoms with Gasteiger partial charge in [-0.1, -0.05) is 24.3 Å². The zero-order valence-corrected chi connectivity index (χ0v) is 19.9. The van der Waals surface area contributed by atoms with Crippen LogP contribution >= 0.6 is 24.0 Å². The first-order chi connectivity index (χ1) is 13.6. The standard InChI is InChI=1S/C22H33N5O.HI/c1-16-11-19(15-27(16)20-8-9-20)25-22(23-2)24-13-17-5-3-6-18(12-17)14-26-10-4-7-21(26)28;/h3,5-6,12,16,19-20H,4,7-11,13-15H2,1-2H3,(H2,23,24,25);1H. The van der Waals surface area contributed by atoms with Gasteiger partial charge in [0.2, 0.25) is 5.91 Å². The Kier molecular flexibility index (Phi) is 7.79. The van der Waals surface area contributed by atoms with Crippen molar-refractivity contribution in [2.75, 3.05) is 20.1 Å². The molecule has 1 amide bonds. The lowest BCUT2D eigenvalue weighted by Gasteiger charge is -2.20. The van der Waals surface area contributed by atoms with Crippen molar-refractivity contribution in [3.63, 3.8) is 0 Å². The van der Waals surface area contributed by atoms with Gasteiger partial charge in [-0.15, -0.1) is 24.0 Å². The number of carbonyl (C=O) groups excluding carboxylic acids is 1. The number of nitrogens with zero attached hydrogens (tertiary/aromatic N) is 3. The molecular weight excluding hydrogens is 477 g/mol. The molecule has 2 unspecified atom stereocenters. The van der Waals surface area contributed by atoms with E-state index in [0.29, 0.717) is 18.5 Å². The Morgan fingerprint density at radius 2 is 2.07 bits per heavy atom. The van der Waals surface area contributed by atoms with E-state index >= 15 is 0 Å². The molecule has 2 aliphatic heterocycles. The van der Waals surface area contributed by atoms with E-state index in [1.165, 1.54) is 30.4 Å². The average Bonchev–Trinajstić information content (AvgIpc) is 3.36. The second-order valence-electron chi connectivity index (χ2n) is 8.52. The molecule has 7 heteroatoms. The van der Waals surface area contributed by atoms with Crippen LogP contribution in [0.4, 0.5) is 0 Å². The fourth-order valence-electron chi connectivity index (χ4n) is 4.58. The lowest BCUT2D eigenvalue weighted by Crippen LogP contribution is -2.44. The SMILES string of the molecule is CN=C(NCc1cccc(CN2CCCC2=O)c1)NC1CC(C)N(C2CC2)C1.I. The van der Waals surface area contributed by atoms with Crippen molar-refractivity contribution in [2.24, 2.45) is 4.99 Å². The minimum absolute atomic E-state index is 0. The average molecular weight is 511 g/mol. The van der Waals surface area contributed by atoms with Crippen LogP contribution in [-0.4, -0.2) is 59.9 Å². The smallest absolute Gasteiger partial charge is 0.222 e. The van der Waals surface area contributed by atoms with Gasteiger partial charge in [0.05, 0.1) is 0 Å². The summed E-state index contributed by atoms with van der Waals surface area (Å²) in [5, 5.41) is 7.06. The number of guanidine groups is 1. The van der Waals surface area contributed by atoms with E-state index in [1.807, 2.05) is 11.9 Å². The number of aliphatic imine (C=N–C) groups is 1. The second-order valence-corrected chi connectivity index (χ2v) is 8.52. The van der Waals surface area contributed by atoms with E-state index in [4.69, 9.17) is 0 Å². The highest BCUT2D eigenvalue weighted by atomic mass is 127. The maximum atomic E-state index is 11.9. The summed E-state index contributed by atoms with van der Waals surface area (Å²) in [5.41, 5.74) is 2.41. The van der Waals surface area contributed by atoms with Gasteiger partial charge in [-0.05, 0) is 43.7 Å². The Bertz CT molecular complexity index is 736. The Balaban J connectivity index is 0.00000240. The Morgan fingerprint density at radius 1 is 1.28 bits per heavy atom. The van der Waals surface area contributed by atoms with Gasteiger partial charge in [0.1, 0.15) is 0 Å². The summed E-state index contributed by atoms with van der Waals surface area (Å²) < 4.78 is 0. The van der Waals surface area contributed by atoms with Gasteiger partial charge in [-0.25, -0.2) is 0 Å². The third kappa shape index (κ3) is 5.84. The van der Waals surface area contributed by atoms with Gasteiger partial charge in [0, 0.05) is 57.8 Å². The topological polar surface area (TPSA) is 60.0 Å². The van der Waals surface area contributed by atoms with Crippen LogP contribution in [0.2, 0.25) is 0 Å². The number of hydrogen-bond donors (Lipinski definition) is 2. The van der Waals surface area contributed by atoms with E-state index in [9.17, 15) is 4.79 Å². The fourth-order valence-corrected chi connectivity index (χ4v) is 4.58. The fraction of sp³-hybridized carbons (Fsp3) is 0.636. The summed E-state index contributed by atoms with van der Waals surface area (Å²) in [7, 11) is 1.84. The van der Waals surface area contributed by atoms with Crippen LogP contribution in [-0.2, 0) is 17.9 Å². The first-order valence-electron chi connectivity index (χ1n) is 10.7. The number of rotatable bonds is 6. The van der Waals surface area contributed by atoms with Crippen molar-refractivity contribution >= 4 is 35.8 Å². The number of amides is 1. The van der Waals surface area contributed by atoms with Crippen molar-refractivity contribution in [3.05, 3.63) is 35.4 Å². The predicted molar refractivity (Wildman–Crippen MR) is 127 cm³/mol. The number of carbonyl (C=O) groups is 1. The van der Waals surface area contributed by atoms with E-state index in [1.54, 1.807) is 0 Å². The molecule has 1 aromatic carbocycles. The molecule has 0 bridgehead atoms. The number of hydrogen-bond acceptors (Lipinski definition) is 3. The first kappa shape index (κ1) is 22.3. The van der Waals surface area contributed by atoms with Crippen LogP contribution in [0.15, 0.2) is 29.3 Å². The minimum atomic E-state index is 0. The molecule has 2 atom stereocenters. The summed E-state index contributed by atoms with van der Waals surface area (Å²) in [4.78, 5) is 20.9. The van der Waals surface area contributed by atoms with Crippen molar-refractivity contribution < 1.29 is 4.79 Å². The largest absolute Gasteiger partial charge is 0.352 e. The first-order valence-corrected chi connectivity index (χ1v) is 10.7. The molecule has 3 aliphatic rings. The molecule has 6 nitrogen and oxygen atoms in total. The maximum Gasteiger partial charge on any atom is 0.222 e. The van der Waals surface area contributed by atoms with Gasteiger partial charge in [-0.2, -0.15) is 0 Å². The third-order valence-corrected chi connectivity index (χ3v) is 6.20. The van der Waals surface area contributed by atoms with E-state index in [0.717, 1.165) is 44.6 Å². The molecule has 160 valence electrons. The summed E-state index contributed by atoms with van der Waals surface area (Å²) in [6, 6.07) is 10.5. The van der Waals surface area contributed by atoms with Crippen LogP contribution in [0.25, 0.3) is 0 Å². The molecule has 2 heterocycles. The Labute approximate surface area is 191 Å². The molecular formula is C22H34IN5O. The highest BCUT2D eigenvalue weighted by Crippen LogP contribution is 2.33. The summed E-state index contributed by atoms with van der Waals surface area (Å²) >= 11 is 0. The minimum Gasteiger partial charge on any atom is -0.352 e. The number of nitrogens with one attached hydrogen (secondary N) is 2. The summed E-state index contributed by atoms with van der Waals surface area (Å²) in [5.74, 6) is 1.15. The van der Waals surface area contributed by atoms with Gasteiger partial charge < -0.3 is 15.5 Å². The van der Waals surface area contributed by atoms with E-state index in [-0.39, 0.29) is 29.9 Å². The molecule has 4 rings (SSSR count). The number of benzene rings is 1. The zero-order valence-electron chi connectivity index (χ0n) is 17.6. The molecule has 2 N–H and O–H groups in total. The van der Waals surface area contributed by atoms with E-state index < -0.39 is 0 Å². The van der Waals surface area contributed by atoms with Crippen molar-refractivity contribution in [1.29, 1.82) is 0 Å². The van der Waals surface area contributed by atoms with Crippen LogP contribution in [0.3, 0.4) is 0 Å². The van der Waals surface area contributed by atoms with Gasteiger partial charge >= 0.3 is 0 Å². The molecule has 0 spiro atoms. The predicted octanol–water partition coefficient (Wildman–Crippen LogP) is 2.72. The van der Waals surface area contributed by atoms with Crippen LogP contribution in [0, 0.1) is 0 Å². The molecule has 3 fully saturated rings. The highest BCUT2D eigenvalue weighted by molar-refractivity contribution is 14.0. The quantitative estimate of drug-likeness (QED) is 0.351. The molecule has 0 radical (unpaired) electrons. The molecule has 1 aromatic rings. The van der Waals surface area contributed by atoms with Crippen LogP contribution in [0.5, 0.6) is 0 Å². The van der Waals surface area contributed by atoms with Crippen LogP contribution in [0.1, 0.15) is 50.2 Å². The molecule has 1 saturated carbocycles. The lowest BCUT2D eigenvalue weighted by atomic mass is 10.1. The van der Waals surface area contributed by atoms with Crippen molar-refractivity contribution in [1.82, 2.24) is 20.4 Å².